The molecule has 0 aliphatic carbocycles. The molecular weight excluding hydrogens is 202 g/mol. The van der Waals surface area contributed by atoms with Crippen LogP contribution >= 0.6 is 0 Å². The van der Waals surface area contributed by atoms with Gasteiger partial charge in [-0.05, 0) is 38.1 Å². The van der Waals surface area contributed by atoms with Gasteiger partial charge in [0.05, 0.1) is 0 Å². The zero-order chi connectivity index (χ0) is 11.5. The Morgan fingerprint density at radius 1 is 1.62 bits per heavy atom. The number of aryl methyl sites for hydroxylation is 1. The molecule has 4 heteroatoms. The molecule has 2 N–H and O–H groups in total. The van der Waals surface area contributed by atoms with Gasteiger partial charge >= 0.3 is 0 Å². The summed E-state index contributed by atoms with van der Waals surface area (Å²) in [6, 6.07) is 4.32. The van der Waals surface area contributed by atoms with Crippen LogP contribution in [0.25, 0.3) is 0 Å². The minimum Gasteiger partial charge on any atom is -0.374 e. The van der Waals surface area contributed by atoms with Crippen LogP contribution in [-0.2, 0) is 0 Å². The largest absolute Gasteiger partial charge is 0.374 e. The Hall–Kier alpha value is -0.970. The van der Waals surface area contributed by atoms with Crippen LogP contribution in [-0.4, -0.2) is 41.2 Å². The molecule has 1 aliphatic rings. The van der Waals surface area contributed by atoms with Gasteiger partial charge in [0.1, 0.15) is 6.23 Å². The van der Waals surface area contributed by atoms with E-state index < -0.39 is 6.23 Å². The highest BCUT2D eigenvalue weighted by molar-refractivity contribution is 5.17. The second-order valence-electron chi connectivity index (χ2n) is 4.37. The number of likely N-dealkylation sites (tertiary alicyclic amines) is 1. The molecule has 0 amide bonds. The van der Waals surface area contributed by atoms with Gasteiger partial charge in [0.15, 0.2) is 0 Å². The monoisotopic (exact) mass is 221 g/mol. The minimum atomic E-state index is -0.500. The molecule has 88 valence electrons. The van der Waals surface area contributed by atoms with Crippen molar-refractivity contribution in [3.05, 3.63) is 29.6 Å². The molecule has 2 unspecified atom stereocenters. The summed E-state index contributed by atoms with van der Waals surface area (Å²) in [6.45, 7) is 3.78. The van der Waals surface area contributed by atoms with Gasteiger partial charge in [0, 0.05) is 31.0 Å². The van der Waals surface area contributed by atoms with Crippen molar-refractivity contribution < 1.29 is 5.11 Å². The molecule has 1 fully saturated rings. The van der Waals surface area contributed by atoms with Gasteiger partial charge in [-0.2, -0.15) is 0 Å². The Morgan fingerprint density at radius 2 is 2.44 bits per heavy atom. The topological polar surface area (TPSA) is 48.4 Å². The number of aliphatic hydroxyl groups excluding tert-OH is 1. The van der Waals surface area contributed by atoms with E-state index in [1.54, 1.807) is 6.20 Å². The maximum Gasteiger partial charge on any atom is 0.133 e. The van der Waals surface area contributed by atoms with Crippen LogP contribution in [0.15, 0.2) is 18.3 Å². The standard InChI is InChI=1S/C12H19N3O/c1-9-7-10(3-5-14-9)12(16)15-6-4-11(8-15)13-2/h3,5,7,11-13,16H,4,6,8H2,1-2H3. The predicted molar refractivity (Wildman–Crippen MR) is 63.0 cm³/mol. The number of hydrogen-bond donors (Lipinski definition) is 2. The fourth-order valence-electron chi connectivity index (χ4n) is 2.18. The number of aromatic nitrogens is 1. The van der Waals surface area contributed by atoms with E-state index >= 15 is 0 Å². The van der Waals surface area contributed by atoms with E-state index in [1.165, 1.54) is 0 Å². The Morgan fingerprint density at radius 3 is 3.06 bits per heavy atom. The third-order valence-electron chi connectivity index (χ3n) is 3.19. The zero-order valence-electron chi connectivity index (χ0n) is 9.85. The van der Waals surface area contributed by atoms with E-state index in [9.17, 15) is 5.11 Å². The Balaban J connectivity index is 2.05. The first-order valence-electron chi connectivity index (χ1n) is 5.72. The number of nitrogens with one attached hydrogen (secondary N) is 1. The van der Waals surface area contributed by atoms with Gasteiger partial charge in [-0.25, -0.2) is 0 Å². The molecule has 2 atom stereocenters. The lowest BCUT2D eigenvalue weighted by molar-refractivity contribution is 0.0175. The zero-order valence-corrected chi connectivity index (χ0v) is 9.85. The number of aliphatic hydroxyl groups is 1. The van der Waals surface area contributed by atoms with Crippen LogP contribution in [0.5, 0.6) is 0 Å². The molecule has 1 saturated heterocycles. The first-order chi connectivity index (χ1) is 7.70. The smallest absolute Gasteiger partial charge is 0.133 e. The predicted octanol–water partition coefficient (Wildman–Crippen LogP) is 0.675. The van der Waals surface area contributed by atoms with Crippen molar-refractivity contribution >= 4 is 0 Å². The molecule has 16 heavy (non-hydrogen) atoms. The van der Waals surface area contributed by atoms with E-state index in [2.05, 4.69) is 15.2 Å². The van der Waals surface area contributed by atoms with E-state index in [-0.39, 0.29) is 0 Å². The number of likely N-dealkylation sites (N-methyl/N-ethyl adjacent to an activating group) is 1. The summed E-state index contributed by atoms with van der Waals surface area (Å²) < 4.78 is 0. The number of hydrogen-bond acceptors (Lipinski definition) is 4. The van der Waals surface area contributed by atoms with Gasteiger partial charge in [0.25, 0.3) is 0 Å². The molecule has 2 heterocycles. The molecule has 4 nitrogen and oxygen atoms in total. The molecule has 0 bridgehead atoms. The highest BCUT2D eigenvalue weighted by Crippen LogP contribution is 2.22. The van der Waals surface area contributed by atoms with Crippen molar-refractivity contribution in [2.75, 3.05) is 20.1 Å². The second-order valence-corrected chi connectivity index (χ2v) is 4.37. The summed E-state index contributed by atoms with van der Waals surface area (Å²) in [5, 5.41) is 13.5. The van der Waals surface area contributed by atoms with Crippen molar-refractivity contribution in [3.8, 4) is 0 Å². The fourth-order valence-corrected chi connectivity index (χ4v) is 2.18. The number of rotatable bonds is 3. The summed E-state index contributed by atoms with van der Waals surface area (Å²) in [4.78, 5) is 6.23. The lowest BCUT2D eigenvalue weighted by Crippen LogP contribution is -2.32. The molecular formula is C12H19N3O. The van der Waals surface area contributed by atoms with Gasteiger partial charge < -0.3 is 10.4 Å². The van der Waals surface area contributed by atoms with Gasteiger partial charge in [-0.15, -0.1) is 0 Å². The Kier molecular flexibility index (Phi) is 3.53. The minimum absolute atomic E-state index is 0.498. The molecule has 2 rings (SSSR count). The van der Waals surface area contributed by atoms with Crippen LogP contribution in [0.2, 0.25) is 0 Å². The summed E-state index contributed by atoms with van der Waals surface area (Å²) in [7, 11) is 1.97. The van der Waals surface area contributed by atoms with Crippen molar-refractivity contribution in [1.29, 1.82) is 0 Å². The van der Waals surface area contributed by atoms with E-state index in [4.69, 9.17) is 0 Å². The first kappa shape index (κ1) is 11.5. The Bertz CT molecular complexity index is 356. The second kappa shape index (κ2) is 4.91. The lowest BCUT2D eigenvalue weighted by atomic mass is 10.2. The van der Waals surface area contributed by atoms with Crippen LogP contribution in [0.3, 0.4) is 0 Å². The highest BCUT2D eigenvalue weighted by atomic mass is 16.3. The van der Waals surface area contributed by atoms with E-state index in [0.717, 1.165) is 30.8 Å². The average molecular weight is 221 g/mol. The maximum atomic E-state index is 10.2. The number of pyridine rings is 1. The van der Waals surface area contributed by atoms with Crippen LogP contribution in [0, 0.1) is 6.92 Å². The maximum absolute atomic E-state index is 10.2. The molecule has 0 spiro atoms. The van der Waals surface area contributed by atoms with Crippen molar-refractivity contribution in [1.82, 2.24) is 15.2 Å². The fraction of sp³-hybridized carbons (Fsp3) is 0.583. The summed E-state index contributed by atoms with van der Waals surface area (Å²) in [5.74, 6) is 0. The molecule has 1 aromatic rings. The molecule has 0 radical (unpaired) electrons. The first-order valence-corrected chi connectivity index (χ1v) is 5.72. The number of nitrogens with zero attached hydrogens (tertiary/aromatic N) is 2. The van der Waals surface area contributed by atoms with Gasteiger partial charge in [-0.1, -0.05) is 0 Å². The summed E-state index contributed by atoms with van der Waals surface area (Å²) >= 11 is 0. The third kappa shape index (κ3) is 2.40. The van der Waals surface area contributed by atoms with Gasteiger partial charge in [-0.3, -0.25) is 9.88 Å². The third-order valence-corrected chi connectivity index (χ3v) is 3.19. The Labute approximate surface area is 96.3 Å². The van der Waals surface area contributed by atoms with Crippen LogP contribution in [0.1, 0.15) is 23.9 Å². The average Bonchev–Trinajstić information content (AvgIpc) is 2.76. The molecule has 0 aromatic carbocycles. The van der Waals surface area contributed by atoms with Crippen LogP contribution < -0.4 is 5.32 Å². The van der Waals surface area contributed by atoms with Crippen molar-refractivity contribution in [2.45, 2.75) is 25.6 Å². The molecule has 1 aromatic heterocycles. The SMILES string of the molecule is CNC1CCN(C(O)c2ccnc(C)c2)C1. The molecule has 0 saturated carbocycles. The summed E-state index contributed by atoms with van der Waals surface area (Å²) in [6.07, 6.45) is 2.34. The molecule has 1 aliphatic heterocycles. The van der Waals surface area contributed by atoms with E-state index in [1.807, 2.05) is 26.1 Å². The normalized spacial score (nSPS) is 23.6. The van der Waals surface area contributed by atoms with E-state index in [0.29, 0.717) is 6.04 Å². The quantitative estimate of drug-likeness (QED) is 0.788. The highest BCUT2D eigenvalue weighted by Gasteiger charge is 2.26. The van der Waals surface area contributed by atoms with Gasteiger partial charge in [0.2, 0.25) is 0 Å². The van der Waals surface area contributed by atoms with Crippen molar-refractivity contribution in [2.24, 2.45) is 0 Å². The van der Waals surface area contributed by atoms with Crippen LogP contribution in [0.4, 0.5) is 0 Å². The summed E-state index contributed by atoms with van der Waals surface area (Å²) in [5.41, 5.74) is 1.88. The van der Waals surface area contributed by atoms with Crippen molar-refractivity contribution in [3.63, 3.8) is 0 Å². The lowest BCUT2D eigenvalue weighted by Gasteiger charge is -2.23.